The van der Waals surface area contributed by atoms with Gasteiger partial charge >= 0.3 is 0 Å². The molecule has 138 valence electrons. The number of amides is 1. The first kappa shape index (κ1) is 18.7. The van der Waals surface area contributed by atoms with Crippen molar-refractivity contribution in [2.75, 3.05) is 7.11 Å². The van der Waals surface area contributed by atoms with Gasteiger partial charge in [-0.3, -0.25) is 4.79 Å². The zero-order valence-electron chi connectivity index (χ0n) is 15.1. The number of nitrogens with one attached hydrogen (secondary N) is 1. The summed E-state index contributed by atoms with van der Waals surface area (Å²) in [7, 11) is 3.50. The Morgan fingerprint density at radius 1 is 1.22 bits per heavy atom. The number of aryl methyl sites for hydroxylation is 1. The first-order chi connectivity index (χ1) is 13.1. The number of imidazole rings is 1. The third-order valence-electron chi connectivity index (χ3n) is 4.15. The number of aromatic nitrogens is 2. The van der Waals surface area contributed by atoms with E-state index >= 15 is 0 Å². The zero-order valence-corrected chi connectivity index (χ0v) is 15.9. The van der Waals surface area contributed by atoms with Gasteiger partial charge in [-0.1, -0.05) is 41.9 Å². The van der Waals surface area contributed by atoms with Gasteiger partial charge in [-0.05, 0) is 29.8 Å². The van der Waals surface area contributed by atoms with Gasteiger partial charge in [0, 0.05) is 36.1 Å². The topological polar surface area (TPSA) is 56.1 Å². The lowest BCUT2D eigenvalue weighted by atomic mass is 10.0. The van der Waals surface area contributed by atoms with Crippen LogP contribution in [0.25, 0.3) is 6.08 Å². The van der Waals surface area contributed by atoms with Crippen molar-refractivity contribution in [3.8, 4) is 5.75 Å². The highest BCUT2D eigenvalue weighted by Crippen LogP contribution is 2.29. The summed E-state index contributed by atoms with van der Waals surface area (Å²) in [5.74, 6) is 1.17. The number of carbonyl (C=O) groups excluding carboxylic acids is 1. The molecule has 1 aromatic heterocycles. The third-order valence-corrected chi connectivity index (χ3v) is 4.40. The summed E-state index contributed by atoms with van der Waals surface area (Å²) in [5, 5.41) is 3.67. The molecule has 1 unspecified atom stereocenters. The summed E-state index contributed by atoms with van der Waals surface area (Å²) in [6.07, 6.45) is 6.78. The molecule has 1 heterocycles. The Morgan fingerprint density at radius 3 is 2.63 bits per heavy atom. The molecule has 0 aliphatic rings. The first-order valence-electron chi connectivity index (χ1n) is 8.43. The molecule has 1 atom stereocenters. The number of carbonyl (C=O) groups is 1. The first-order valence-corrected chi connectivity index (χ1v) is 8.80. The van der Waals surface area contributed by atoms with Crippen LogP contribution in [-0.4, -0.2) is 22.6 Å². The minimum atomic E-state index is -0.441. The largest absolute Gasteiger partial charge is 0.496 e. The lowest BCUT2D eigenvalue weighted by molar-refractivity contribution is -0.117. The second-order valence-corrected chi connectivity index (χ2v) is 6.40. The van der Waals surface area contributed by atoms with Gasteiger partial charge in [0.2, 0.25) is 5.91 Å². The Bertz CT molecular complexity index is 948. The van der Waals surface area contributed by atoms with E-state index in [1.165, 1.54) is 6.08 Å². The molecule has 0 saturated carbocycles. The van der Waals surface area contributed by atoms with Crippen LogP contribution in [0.3, 0.4) is 0 Å². The Balaban J connectivity index is 1.86. The van der Waals surface area contributed by atoms with Gasteiger partial charge in [-0.15, -0.1) is 0 Å². The molecule has 3 aromatic rings. The lowest BCUT2D eigenvalue weighted by Crippen LogP contribution is -2.30. The molecule has 0 aliphatic heterocycles. The molecule has 0 fully saturated rings. The monoisotopic (exact) mass is 381 g/mol. The average Bonchev–Trinajstić information content (AvgIpc) is 3.11. The van der Waals surface area contributed by atoms with Gasteiger partial charge in [-0.2, -0.15) is 0 Å². The summed E-state index contributed by atoms with van der Waals surface area (Å²) in [6.45, 7) is 0. The molecular formula is C21H20ClN3O2. The fourth-order valence-electron chi connectivity index (χ4n) is 2.78. The molecule has 1 N–H and O–H groups in total. The summed E-state index contributed by atoms with van der Waals surface area (Å²) in [4.78, 5) is 17.0. The molecule has 1 amide bonds. The van der Waals surface area contributed by atoms with Gasteiger partial charge in [0.05, 0.1) is 7.11 Å². The van der Waals surface area contributed by atoms with E-state index in [1.54, 1.807) is 31.5 Å². The molecular weight excluding hydrogens is 362 g/mol. The predicted molar refractivity (Wildman–Crippen MR) is 107 cm³/mol. The van der Waals surface area contributed by atoms with Crippen LogP contribution in [0.1, 0.15) is 23.0 Å². The van der Waals surface area contributed by atoms with Crippen molar-refractivity contribution >= 4 is 23.6 Å². The van der Waals surface area contributed by atoms with Crippen LogP contribution in [0.5, 0.6) is 5.75 Å². The smallest absolute Gasteiger partial charge is 0.244 e. The molecule has 0 aliphatic carbocycles. The summed E-state index contributed by atoms with van der Waals surface area (Å²) in [6, 6.07) is 14.4. The standard InChI is InChI=1S/C21H20ClN3O2/c1-25-14-13-23-21(25)20(17-5-3-4-6-18(17)27-2)24-19(26)12-9-15-7-10-16(22)11-8-15/h3-14,20H,1-2H3,(H,24,26)/b12-9+. The van der Waals surface area contributed by atoms with Gasteiger partial charge < -0.3 is 14.6 Å². The average molecular weight is 382 g/mol. The van der Waals surface area contributed by atoms with Crippen molar-refractivity contribution in [1.29, 1.82) is 0 Å². The maximum Gasteiger partial charge on any atom is 0.244 e. The van der Waals surface area contributed by atoms with Crippen LogP contribution < -0.4 is 10.1 Å². The van der Waals surface area contributed by atoms with Crippen LogP contribution in [0.4, 0.5) is 0 Å². The van der Waals surface area contributed by atoms with Crippen LogP contribution in [0.15, 0.2) is 67.0 Å². The molecule has 6 heteroatoms. The molecule has 27 heavy (non-hydrogen) atoms. The molecule has 0 spiro atoms. The van der Waals surface area contributed by atoms with Gasteiger partial charge in [0.25, 0.3) is 0 Å². The second-order valence-electron chi connectivity index (χ2n) is 5.96. The number of ether oxygens (including phenoxy) is 1. The van der Waals surface area contributed by atoms with E-state index in [2.05, 4.69) is 10.3 Å². The number of halogens is 1. The van der Waals surface area contributed by atoms with Crippen molar-refractivity contribution in [2.24, 2.45) is 7.05 Å². The van der Waals surface area contributed by atoms with Crippen molar-refractivity contribution in [2.45, 2.75) is 6.04 Å². The Kier molecular flexibility index (Phi) is 5.94. The molecule has 0 saturated heterocycles. The number of hydrogen-bond donors (Lipinski definition) is 1. The third kappa shape index (κ3) is 4.57. The molecule has 0 bridgehead atoms. The van der Waals surface area contributed by atoms with Crippen LogP contribution in [0.2, 0.25) is 5.02 Å². The number of benzene rings is 2. The Labute approximate surface area is 163 Å². The maximum absolute atomic E-state index is 12.6. The number of methoxy groups -OCH3 is 1. The predicted octanol–water partition coefficient (Wildman–Crippen LogP) is 4.00. The van der Waals surface area contributed by atoms with E-state index in [1.807, 2.05) is 54.2 Å². The van der Waals surface area contributed by atoms with E-state index in [-0.39, 0.29) is 5.91 Å². The fraction of sp³-hybridized carbons (Fsp3) is 0.143. The normalized spacial score (nSPS) is 12.1. The van der Waals surface area contributed by atoms with Crippen LogP contribution in [0, 0.1) is 0 Å². The number of nitrogens with zero attached hydrogens (tertiary/aromatic N) is 2. The van der Waals surface area contributed by atoms with Gasteiger partial charge in [0.15, 0.2) is 0 Å². The van der Waals surface area contributed by atoms with Crippen LogP contribution in [-0.2, 0) is 11.8 Å². The minimum Gasteiger partial charge on any atom is -0.496 e. The molecule has 3 rings (SSSR count). The number of rotatable bonds is 6. The summed E-state index contributed by atoms with van der Waals surface area (Å²) in [5.41, 5.74) is 1.72. The molecule has 5 nitrogen and oxygen atoms in total. The highest BCUT2D eigenvalue weighted by molar-refractivity contribution is 6.30. The second kappa shape index (κ2) is 8.56. The highest BCUT2D eigenvalue weighted by Gasteiger charge is 2.22. The van der Waals surface area contributed by atoms with Crippen molar-refractivity contribution in [1.82, 2.24) is 14.9 Å². The summed E-state index contributed by atoms with van der Waals surface area (Å²) < 4.78 is 7.34. The Hall–Kier alpha value is -3.05. The number of hydrogen-bond acceptors (Lipinski definition) is 3. The SMILES string of the molecule is COc1ccccc1C(NC(=O)/C=C/c1ccc(Cl)cc1)c1nccn1C. The van der Waals surface area contributed by atoms with E-state index < -0.39 is 6.04 Å². The van der Waals surface area contributed by atoms with Crippen molar-refractivity contribution in [3.05, 3.63) is 89.0 Å². The van der Waals surface area contributed by atoms with E-state index in [0.717, 1.165) is 11.1 Å². The summed E-state index contributed by atoms with van der Waals surface area (Å²) >= 11 is 5.89. The number of para-hydroxylation sites is 1. The maximum atomic E-state index is 12.6. The fourth-order valence-corrected chi connectivity index (χ4v) is 2.90. The Morgan fingerprint density at radius 2 is 1.96 bits per heavy atom. The molecule has 2 aromatic carbocycles. The molecule has 0 radical (unpaired) electrons. The lowest BCUT2D eigenvalue weighted by Gasteiger charge is -2.20. The van der Waals surface area contributed by atoms with Gasteiger partial charge in [0.1, 0.15) is 17.6 Å². The van der Waals surface area contributed by atoms with Crippen molar-refractivity contribution < 1.29 is 9.53 Å². The quantitative estimate of drug-likeness (QED) is 0.656. The van der Waals surface area contributed by atoms with Gasteiger partial charge in [-0.25, -0.2) is 4.98 Å². The van der Waals surface area contributed by atoms with Crippen LogP contribution >= 0.6 is 11.6 Å². The van der Waals surface area contributed by atoms with E-state index in [0.29, 0.717) is 16.6 Å². The van der Waals surface area contributed by atoms with E-state index in [4.69, 9.17) is 16.3 Å². The zero-order chi connectivity index (χ0) is 19.2. The highest BCUT2D eigenvalue weighted by atomic mass is 35.5. The van der Waals surface area contributed by atoms with E-state index in [9.17, 15) is 4.79 Å². The van der Waals surface area contributed by atoms with Crippen molar-refractivity contribution in [3.63, 3.8) is 0 Å². The minimum absolute atomic E-state index is 0.233.